The van der Waals surface area contributed by atoms with Gasteiger partial charge in [0.25, 0.3) is 5.12 Å². The predicted octanol–water partition coefficient (Wildman–Crippen LogP) is 5.90. The van der Waals surface area contributed by atoms with Crippen molar-refractivity contribution in [2.75, 3.05) is 5.75 Å². The second-order valence-corrected chi connectivity index (χ2v) is 13.8. The molecule has 7 heteroatoms. The van der Waals surface area contributed by atoms with Crippen LogP contribution >= 0.6 is 11.8 Å². The number of ketones is 1. The fourth-order valence-corrected chi connectivity index (χ4v) is 9.67. The van der Waals surface area contributed by atoms with Crippen LogP contribution in [-0.4, -0.2) is 45.1 Å². The van der Waals surface area contributed by atoms with Gasteiger partial charge in [0, 0.05) is 23.7 Å². The topological polar surface area (TPSA) is 72.8 Å². The molecule has 1 N–H and O–H groups in total. The Balaban J connectivity index is 1.46. The molecule has 5 aliphatic rings. The lowest BCUT2D eigenvalue weighted by Gasteiger charge is -2.62. The summed E-state index contributed by atoms with van der Waals surface area (Å²) in [5, 5.41) is 10.5. The second-order valence-electron chi connectivity index (χ2n) is 12.4. The zero-order valence-electron chi connectivity index (χ0n) is 22.3. The lowest BCUT2D eigenvalue weighted by Crippen LogP contribution is -2.69. The van der Waals surface area contributed by atoms with Crippen molar-refractivity contribution in [3.63, 3.8) is 0 Å². The zero-order valence-corrected chi connectivity index (χ0v) is 23.1. The van der Waals surface area contributed by atoms with Crippen LogP contribution in [0.4, 0.5) is 4.39 Å². The number of carbonyl (C=O) groups is 2. The highest BCUT2D eigenvalue weighted by molar-refractivity contribution is 8.00. The Bertz CT molecular complexity index is 1010. The SMILES string of the molecule is CCCCCCSC1(C)OC(=O)[C@@]2(O1)[C@@H](C)C[C@H]1[C@@H]3CCC4=CC(=O)C=C[C@]4(C)[C@@]3(F)[C@@H](O)C[C@@]12C. The Kier molecular flexibility index (Phi) is 6.36. The van der Waals surface area contributed by atoms with E-state index in [2.05, 4.69) is 6.92 Å². The number of rotatable bonds is 6. The van der Waals surface area contributed by atoms with E-state index in [1.807, 2.05) is 27.7 Å². The van der Waals surface area contributed by atoms with Crippen molar-refractivity contribution in [1.29, 1.82) is 0 Å². The number of carbonyl (C=O) groups excluding carboxylic acids is 2. The summed E-state index contributed by atoms with van der Waals surface area (Å²) in [6, 6.07) is 0. The molecule has 0 aromatic carbocycles. The van der Waals surface area contributed by atoms with Crippen LogP contribution in [-0.2, 0) is 19.1 Å². The molecule has 0 amide bonds. The monoisotopic (exact) mass is 520 g/mol. The van der Waals surface area contributed by atoms with Crippen LogP contribution in [0.1, 0.15) is 86.0 Å². The summed E-state index contributed by atoms with van der Waals surface area (Å²) in [4.78, 5) is 25.8. The number of ether oxygens (including phenoxy) is 2. The molecule has 1 aliphatic heterocycles. The van der Waals surface area contributed by atoms with Gasteiger partial charge in [0.15, 0.2) is 17.1 Å². The summed E-state index contributed by atoms with van der Waals surface area (Å²) < 4.78 is 30.0. The molecule has 4 aliphatic carbocycles. The Morgan fingerprint density at radius 1 is 1.17 bits per heavy atom. The molecule has 0 aromatic rings. The van der Waals surface area contributed by atoms with E-state index >= 15 is 4.39 Å². The molecule has 4 fully saturated rings. The fraction of sp³-hybridized carbons (Fsp3) is 0.793. The normalized spacial score (nSPS) is 49.5. The molecule has 0 bridgehead atoms. The average molecular weight is 521 g/mol. The molecule has 9 atom stereocenters. The molecular weight excluding hydrogens is 479 g/mol. The van der Waals surface area contributed by atoms with E-state index in [9.17, 15) is 14.7 Å². The second kappa shape index (κ2) is 8.67. The smallest absolute Gasteiger partial charge is 0.342 e. The lowest BCUT2D eigenvalue weighted by molar-refractivity contribution is -0.228. The van der Waals surface area contributed by atoms with Gasteiger partial charge in [-0.15, -0.1) is 0 Å². The third kappa shape index (κ3) is 3.34. The average Bonchev–Trinajstić information content (AvgIpc) is 3.21. The largest absolute Gasteiger partial charge is 0.421 e. The first-order valence-electron chi connectivity index (χ1n) is 13.8. The number of aliphatic hydroxyl groups is 1. The molecule has 36 heavy (non-hydrogen) atoms. The number of allylic oxidation sites excluding steroid dienone is 4. The van der Waals surface area contributed by atoms with E-state index in [1.165, 1.54) is 24.3 Å². The van der Waals surface area contributed by atoms with E-state index < -0.39 is 39.2 Å². The molecule has 0 aromatic heterocycles. The summed E-state index contributed by atoms with van der Waals surface area (Å²) >= 11 is 1.53. The maximum Gasteiger partial charge on any atom is 0.342 e. The minimum Gasteiger partial charge on any atom is -0.421 e. The third-order valence-corrected chi connectivity index (χ3v) is 11.7. The van der Waals surface area contributed by atoms with Crippen LogP contribution in [0.25, 0.3) is 0 Å². The maximum atomic E-state index is 17.4. The number of cyclic esters (lactones) is 1. The Morgan fingerprint density at radius 3 is 2.64 bits per heavy atom. The summed E-state index contributed by atoms with van der Waals surface area (Å²) in [6.07, 6.45) is 9.80. The molecule has 200 valence electrons. The van der Waals surface area contributed by atoms with Crippen LogP contribution in [0.3, 0.4) is 0 Å². The third-order valence-electron chi connectivity index (χ3n) is 10.5. The van der Waals surface area contributed by atoms with Crippen molar-refractivity contribution in [2.24, 2.45) is 28.6 Å². The molecule has 5 rings (SSSR count). The lowest BCUT2D eigenvalue weighted by atomic mass is 9.45. The van der Waals surface area contributed by atoms with Crippen molar-refractivity contribution in [2.45, 2.75) is 108 Å². The predicted molar refractivity (Wildman–Crippen MR) is 138 cm³/mol. The summed E-state index contributed by atoms with van der Waals surface area (Å²) in [5.74, 6) is -0.404. The Hall–Kier alpha value is -1.18. The highest BCUT2D eigenvalue weighted by Gasteiger charge is 2.79. The number of fused-ring (bicyclic) bond motifs is 6. The molecule has 3 saturated carbocycles. The first-order valence-corrected chi connectivity index (χ1v) is 14.8. The molecular formula is C29H41FO5S. The zero-order chi connectivity index (χ0) is 26.1. The van der Waals surface area contributed by atoms with Gasteiger partial charge in [0.1, 0.15) is 0 Å². The number of thioether (sulfide) groups is 1. The highest BCUT2D eigenvalue weighted by Crippen LogP contribution is 2.73. The number of aliphatic hydroxyl groups excluding tert-OH is 1. The van der Waals surface area contributed by atoms with Crippen molar-refractivity contribution in [1.82, 2.24) is 0 Å². The van der Waals surface area contributed by atoms with E-state index in [0.717, 1.165) is 30.6 Å². The van der Waals surface area contributed by atoms with Crippen LogP contribution in [0, 0.1) is 28.6 Å². The summed E-state index contributed by atoms with van der Waals surface area (Å²) in [6.45, 7) is 9.85. The van der Waals surface area contributed by atoms with Gasteiger partial charge >= 0.3 is 5.97 Å². The maximum absolute atomic E-state index is 17.4. The molecule has 1 spiro atoms. The molecule has 1 unspecified atom stereocenters. The van der Waals surface area contributed by atoms with E-state index in [4.69, 9.17) is 9.47 Å². The van der Waals surface area contributed by atoms with Gasteiger partial charge in [-0.25, -0.2) is 9.18 Å². The van der Waals surface area contributed by atoms with Crippen molar-refractivity contribution in [3.05, 3.63) is 23.8 Å². The van der Waals surface area contributed by atoms with Gasteiger partial charge in [-0.3, -0.25) is 4.79 Å². The van der Waals surface area contributed by atoms with E-state index in [-0.39, 0.29) is 30.0 Å². The van der Waals surface area contributed by atoms with Crippen LogP contribution in [0.5, 0.6) is 0 Å². The summed E-state index contributed by atoms with van der Waals surface area (Å²) in [7, 11) is 0. The van der Waals surface area contributed by atoms with E-state index in [1.54, 1.807) is 12.2 Å². The first kappa shape index (κ1) is 26.4. The quantitative estimate of drug-likeness (QED) is 0.347. The van der Waals surface area contributed by atoms with Crippen molar-refractivity contribution >= 4 is 23.5 Å². The van der Waals surface area contributed by atoms with Crippen molar-refractivity contribution in [3.8, 4) is 0 Å². The minimum atomic E-state index is -1.91. The number of hydrogen-bond donors (Lipinski definition) is 1. The van der Waals surface area contributed by atoms with Gasteiger partial charge in [0.2, 0.25) is 0 Å². The minimum absolute atomic E-state index is 0.117. The molecule has 0 radical (unpaired) electrons. The number of esters is 1. The Labute approximate surface area is 218 Å². The number of unbranched alkanes of at least 4 members (excludes halogenated alkanes) is 3. The number of alkyl halides is 1. The first-order chi connectivity index (χ1) is 16.9. The number of hydrogen-bond acceptors (Lipinski definition) is 6. The fourth-order valence-electron chi connectivity index (χ4n) is 8.63. The van der Waals surface area contributed by atoms with Gasteiger partial charge in [-0.2, -0.15) is 0 Å². The van der Waals surface area contributed by atoms with Crippen LogP contribution in [0.15, 0.2) is 23.8 Å². The van der Waals surface area contributed by atoms with Crippen LogP contribution in [0.2, 0.25) is 0 Å². The van der Waals surface area contributed by atoms with Gasteiger partial charge in [-0.1, -0.05) is 63.4 Å². The Morgan fingerprint density at radius 2 is 1.92 bits per heavy atom. The van der Waals surface area contributed by atoms with E-state index in [0.29, 0.717) is 19.3 Å². The molecule has 1 heterocycles. The van der Waals surface area contributed by atoms with Crippen molar-refractivity contribution < 1.29 is 28.6 Å². The number of halogens is 1. The summed E-state index contributed by atoms with van der Waals surface area (Å²) in [5.41, 5.74) is -4.15. The molecule has 5 nitrogen and oxygen atoms in total. The molecule has 1 saturated heterocycles. The van der Waals surface area contributed by atoms with Crippen LogP contribution < -0.4 is 0 Å². The highest BCUT2D eigenvalue weighted by atomic mass is 32.2. The standard InChI is InChI=1S/C29H41FO5S/c1-6-7-8-9-14-36-27(5)34-24(33)29(35-27)18(2)15-22-21-11-10-19-16-20(31)12-13-25(19,3)28(21,30)23(32)17-26(22,29)4/h12-13,16,18,21-23,32H,6-11,14-15,17H2,1-5H3/t18-,21-,22-,23-,25-,26-,27?,28-,29-/m0/s1. The van der Waals surface area contributed by atoms with Gasteiger partial charge in [0.05, 0.1) is 6.10 Å². The van der Waals surface area contributed by atoms with Gasteiger partial charge < -0.3 is 14.6 Å². The van der Waals surface area contributed by atoms with Gasteiger partial charge in [-0.05, 0) is 68.8 Å².